The Morgan fingerprint density at radius 1 is 1.06 bits per heavy atom. The summed E-state index contributed by atoms with van der Waals surface area (Å²) in [5.41, 5.74) is 1.26. The molecular formula is C24H31N3O3S. The van der Waals surface area contributed by atoms with Gasteiger partial charge >= 0.3 is 0 Å². The number of nitrogens with zero attached hydrogens (tertiary/aromatic N) is 1. The Balaban J connectivity index is 1.26. The Labute approximate surface area is 187 Å². The third-order valence-corrected chi connectivity index (χ3v) is 7.41. The first-order valence-corrected chi connectivity index (χ1v) is 12.6. The number of amides is 1. The molecule has 166 valence electrons. The largest absolute Gasteiger partial charge is 0.380 e. The van der Waals surface area contributed by atoms with Crippen molar-refractivity contribution in [2.45, 2.75) is 49.8 Å². The number of nitrogens with one attached hydrogen (secondary N) is 2. The van der Waals surface area contributed by atoms with Crippen LogP contribution in [0.3, 0.4) is 0 Å². The standard InChI is InChI=1S/C24H31N3O3S/c1-31-19-7-5-6-18(14-19)26-24(30)17-10-8-16(9-11-17)15-25-20-21(23(29)22(20)28)27-12-3-2-4-13-27/h5-7,14,16-17,25H,2-4,8-13,15H2,1H3,(H,26,30). The summed E-state index contributed by atoms with van der Waals surface area (Å²) in [4.78, 5) is 40.1. The Morgan fingerprint density at radius 2 is 1.81 bits per heavy atom. The summed E-state index contributed by atoms with van der Waals surface area (Å²) in [5.74, 6) is 0.547. The van der Waals surface area contributed by atoms with Gasteiger partial charge in [-0.2, -0.15) is 0 Å². The average Bonchev–Trinajstić information content (AvgIpc) is 2.82. The van der Waals surface area contributed by atoms with Gasteiger partial charge in [0.15, 0.2) is 0 Å². The molecule has 0 atom stereocenters. The van der Waals surface area contributed by atoms with E-state index in [-0.39, 0.29) is 22.7 Å². The smallest absolute Gasteiger partial charge is 0.253 e. The van der Waals surface area contributed by atoms with E-state index in [1.807, 2.05) is 30.5 Å². The first-order valence-electron chi connectivity index (χ1n) is 11.3. The molecule has 1 saturated carbocycles. The van der Waals surface area contributed by atoms with Gasteiger partial charge in [0.2, 0.25) is 5.91 Å². The maximum Gasteiger partial charge on any atom is 0.253 e. The van der Waals surface area contributed by atoms with Crippen LogP contribution in [-0.2, 0) is 4.79 Å². The lowest BCUT2D eigenvalue weighted by atomic mass is 9.81. The molecular weight excluding hydrogens is 410 g/mol. The molecule has 2 N–H and O–H groups in total. The number of anilines is 3. The van der Waals surface area contributed by atoms with E-state index in [2.05, 4.69) is 15.5 Å². The van der Waals surface area contributed by atoms with Gasteiger partial charge in [-0.25, -0.2) is 0 Å². The molecule has 2 aromatic carbocycles. The molecule has 0 unspecified atom stereocenters. The molecule has 7 heteroatoms. The molecule has 0 aromatic heterocycles. The van der Waals surface area contributed by atoms with Crippen molar-refractivity contribution in [1.29, 1.82) is 0 Å². The van der Waals surface area contributed by atoms with Gasteiger partial charge in [0.05, 0.1) is 0 Å². The van der Waals surface area contributed by atoms with Gasteiger partial charge in [-0.1, -0.05) is 6.07 Å². The minimum Gasteiger partial charge on any atom is -0.380 e. The number of rotatable bonds is 7. The SMILES string of the molecule is CSc1cccc(NC(=O)C2CCC(CNc3c(N4CCCCC4)c(=O)c3=O)CC2)c1. The molecule has 0 radical (unpaired) electrons. The first-order chi connectivity index (χ1) is 15.1. The van der Waals surface area contributed by atoms with E-state index >= 15 is 0 Å². The van der Waals surface area contributed by atoms with Crippen molar-refractivity contribution >= 4 is 34.7 Å². The van der Waals surface area contributed by atoms with Crippen molar-refractivity contribution < 1.29 is 4.79 Å². The highest BCUT2D eigenvalue weighted by Crippen LogP contribution is 2.31. The molecule has 2 aromatic rings. The molecule has 1 aliphatic carbocycles. The topological polar surface area (TPSA) is 78.5 Å². The van der Waals surface area contributed by atoms with Gasteiger partial charge in [0.1, 0.15) is 11.4 Å². The summed E-state index contributed by atoms with van der Waals surface area (Å²) in [7, 11) is 0. The average molecular weight is 442 g/mol. The molecule has 1 saturated heterocycles. The summed E-state index contributed by atoms with van der Waals surface area (Å²) < 4.78 is 0. The summed E-state index contributed by atoms with van der Waals surface area (Å²) in [6, 6.07) is 7.93. The summed E-state index contributed by atoms with van der Waals surface area (Å²) in [6.07, 6.45) is 8.96. The van der Waals surface area contributed by atoms with Crippen LogP contribution in [0.1, 0.15) is 44.9 Å². The molecule has 2 fully saturated rings. The van der Waals surface area contributed by atoms with Crippen LogP contribution in [0.15, 0.2) is 38.8 Å². The van der Waals surface area contributed by atoms with E-state index < -0.39 is 0 Å². The predicted molar refractivity (Wildman–Crippen MR) is 128 cm³/mol. The van der Waals surface area contributed by atoms with Crippen LogP contribution >= 0.6 is 11.8 Å². The van der Waals surface area contributed by atoms with Crippen LogP contribution in [0.25, 0.3) is 0 Å². The number of carbonyl (C=O) groups excluding carboxylic acids is 1. The zero-order chi connectivity index (χ0) is 21.8. The Bertz CT molecular complexity index is 984. The van der Waals surface area contributed by atoms with Crippen molar-refractivity contribution in [3.8, 4) is 0 Å². The van der Waals surface area contributed by atoms with Crippen molar-refractivity contribution in [2.75, 3.05) is 41.4 Å². The number of hydrogen-bond acceptors (Lipinski definition) is 6. The number of benzene rings is 1. The fourth-order valence-electron chi connectivity index (χ4n) is 4.78. The lowest BCUT2D eigenvalue weighted by Crippen LogP contribution is -2.45. The summed E-state index contributed by atoms with van der Waals surface area (Å²) in [5, 5.41) is 6.34. The highest BCUT2D eigenvalue weighted by atomic mass is 32.2. The first kappa shape index (κ1) is 21.9. The third-order valence-electron chi connectivity index (χ3n) is 6.68. The van der Waals surface area contributed by atoms with Crippen LogP contribution in [0.4, 0.5) is 17.1 Å². The normalized spacial score (nSPS) is 21.8. The zero-order valence-electron chi connectivity index (χ0n) is 18.1. The summed E-state index contributed by atoms with van der Waals surface area (Å²) >= 11 is 1.66. The van der Waals surface area contributed by atoms with Crippen LogP contribution in [0.2, 0.25) is 0 Å². The fraction of sp³-hybridized carbons (Fsp3) is 0.542. The molecule has 4 rings (SSSR count). The van der Waals surface area contributed by atoms with E-state index in [9.17, 15) is 14.4 Å². The maximum atomic E-state index is 12.7. The second-order valence-electron chi connectivity index (χ2n) is 8.75. The Morgan fingerprint density at radius 3 is 2.52 bits per heavy atom. The third kappa shape index (κ3) is 4.97. The van der Waals surface area contributed by atoms with Gasteiger partial charge in [0.25, 0.3) is 10.9 Å². The zero-order valence-corrected chi connectivity index (χ0v) is 18.9. The van der Waals surface area contributed by atoms with E-state index in [0.717, 1.165) is 62.2 Å². The maximum absolute atomic E-state index is 12.7. The van der Waals surface area contributed by atoms with Gasteiger partial charge in [-0.15, -0.1) is 11.8 Å². The van der Waals surface area contributed by atoms with Crippen molar-refractivity contribution in [2.24, 2.45) is 11.8 Å². The minimum atomic E-state index is -0.374. The number of thioether (sulfide) groups is 1. The number of carbonyl (C=O) groups is 1. The van der Waals surface area contributed by atoms with Crippen molar-refractivity contribution in [3.63, 3.8) is 0 Å². The second kappa shape index (κ2) is 9.90. The molecule has 31 heavy (non-hydrogen) atoms. The quantitative estimate of drug-likeness (QED) is 0.502. The fourth-order valence-corrected chi connectivity index (χ4v) is 5.24. The van der Waals surface area contributed by atoms with E-state index in [4.69, 9.17) is 0 Å². The van der Waals surface area contributed by atoms with Crippen molar-refractivity contribution in [3.05, 3.63) is 44.7 Å². The lowest BCUT2D eigenvalue weighted by molar-refractivity contribution is -0.121. The minimum absolute atomic E-state index is 0.0317. The second-order valence-corrected chi connectivity index (χ2v) is 9.63. The van der Waals surface area contributed by atoms with Gasteiger partial charge in [-0.05, 0) is 75.3 Å². The van der Waals surface area contributed by atoms with Crippen LogP contribution in [0.5, 0.6) is 0 Å². The molecule has 1 amide bonds. The van der Waals surface area contributed by atoms with Crippen LogP contribution in [-0.4, -0.2) is 31.8 Å². The molecule has 1 aliphatic heterocycles. The van der Waals surface area contributed by atoms with E-state index in [0.29, 0.717) is 23.8 Å². The highest BCUT2D eigenvalue weighted by molar-refractivity contribution is 7.98. The molecule has 6 nitrogen and oxygen atoms in total. The van der Waals surface area contributed by atoms with Gasteiger partial charge in [0, 0.05) is 36.1 Å². The predicted octanol–water partition coefficient (Wildman–Crippen LogP) is 3.85. The van der Waals surface area contributed by atoms with Crippen LogP contribution < -0.4 is 26.4 Å². The molecule has 1 heterocycles. The number of piperidine rings is 1. The molecule has 2 aliphatic rings. The number of hydrogen-bond donors (Lipinski definition) is 2. The Kier molecular flexibility index (Phi) is 7.00. The Hall–Kier alpha value is -2.28. The van der Waals surface area contributed by atoms with Crippen LogP contribution in [0, 0.1) is 11.8 Å². The highest BCUT2D eigenvalue weighted by Gasteiger charge is 2.29. The van der Waals surface area contributed by atoms with E-state index in [1.54, 1.807) is 11.8 Å². The summed E-state index contributed by atoms with van der Waals surface area (Å²) in [6.45, 7) is 2.41. The molecule has 0 spiro atoms. The monoisotopic (exact) mass is 441 g/mol. The molecule has 0 bridgehead atoms. The van der Waals surface area contributed by atoms with Gasteiger partial charge < -0.3 is 15.5 Å². The lowest BCUT2D eigenvalue weighted by Gasteiger charge is -2.32. The van der Waals surface area contributed by atoms with E-state index in [1.165, 1.54) is 6.42 Å². The van der Waals surface area contributed by atoms with Crippen molar-refractivity contribution in [1.82, 2.24) is 0 Å². The van der Waals surface area contributed by atoms with Gasteiger partial charge in [-0.3, -0.25) is 14.4 Å².